The van der Waals surface area contributed by atoms with Gasteiger partial charge in [-0.2, -0.15) is 5.10 Å². The Bertz CT molecular complexity index is 821. The van der Waals surface area contributed by atoms with Gasteiger partial charge in [-0.25, -0.2) is 4.98 Å². The number of nitrogens with one attached hydrogen (secondary N) is 2. The number of likely N-dealkylation sites (tertiary alicyclic amines) is 1. The van der Waals surface area contributed by atoms with Gasteiger partial charge in [0, 0.05) is 31.0 Å². The van der Waals surface area contributed by atoms with E-state index in [0.717, 1.165) is 49.2 Å². The van der Waals surface area contributed by atoms with Crippen molar-refractivity contribution in [2.45, 2.75) is 56.8 Å². The number of aromatic amines is 2. The number of piperidine rings is 1. The maximum absolute atomic E-state index is 13.1. The topological polar surface area (TPSA) is 94.7 Å². The summed E-state index contributed by atoms with van der Waals surface area (Å²) in [4.78, 5) is 33.5. The number of hydrogen-bond donors (Lipinski definition) is 2. The maximum Gasteiger partial charge on any atom is 0.257 e. The van der Waals surface area contributed by atoms with E-state index < -0.39 is 0 Å². The highest BCUT2D eigenvalue weighted by Gasteiger charge is 2.30. The monoisotopic (exact) mass is 355 g/mol. The van der Waals surface area contributed by atoms with Gasteiger partial charge in [-0.15, -0.1) is 0 Å². The van der Waals surface area contributed by atoms with E-state index in [1.807, 2.05) is 4.90 Å². The summed E-state index contributed by atoms with van der Waals surface area (Å²) < 4.78 is 0. The zero-order valence-corrected chi connectivity index (χ0v) is 14.9. The Morgan fingerprint density at radius 2 is 1.92 bits per heavy atom. The van der Waals surface area contributed by atoms with Gasteiger partial charge < -0.3 is 9.88 Å². The summed E-state index contributed by atoms with van der Waals surface area (Å²) in [7, 11) is 0. The van der Waals surface area contributed by atoms with Crippen molar-refractivity contribution in [2.24, 2.45) is 0 Å². The van der Waals surface area contributed by atoms with Crippen LogP contribution < -0.4 is 5.56 Å². The molecular weight excluding hydrogens is 330 g/mol. The normalized spacial score (nSPS) is 21.7. The molecule has 0 bridgehead atoms. The Labute approximate surface area is 152 Å². The summed E-state index contributed by atoms with van der Waals surface area (Å²) in [6.07, 6.45) is 11.0. The molecule has 3 heterocycles. The molecule has 0 unspecified atom stereocenters. The molecule has 26 heavy (non-hydrogen) atoms. The van der Waals surface area contributed by atoms with E-state index in [1.165, 1.54) is 25.6 Å². The molecule has 2 N–H and O–H groups in total. The van der Waals surface area contributed by atoms with Crippen LogP contribution in [0.15, 0.2) is 23.4 Å². The predicted octanol–water partition coefficient (Wildman–Crippen LogP) is 2.56. The summed E-state index contributed by atoms with van der Waals surface area (Å²) in [6, 6.07) is 1.55. The fourth-order valence-electron chi connectivity index (χ4n) is 4.35. The summed E-state index contributed by atoms with van der Waals surface area (Å²) in [6.45, 7) is 1.35. The summed E-state index contributed by atoms with van der Waals surface area (Å²) in [5.41, 5.74) is 2.35. The molecule has 1 aliphatic heterocycles. The standard InChI is InChI=1S/C19H25N5O2/c25-17-9-16(20-12-21-17)14-7-4-8-24(11-14)19(26)15-10-22-23-18(15)13-5-2-1-3-6-13/h9-10,12-14H,1-8,11H2,(H,22,23)(H,20,21,25)/t14-/m0/s1. The minimum Gasteiger partial charge on any atom is -0.338 e. The molecule has 1 atom stereocenters. The Morgan fingerprint density at radius 3 is 2.73 bits per heavy atom. The van der Waals surface area contributed by atoms with E-state index in [4.69, 9.17) is 0 Å². The van der Waals surface area contributed by atoms with Gasteiger partial charge in [0.15, 0.2) is 0 Å². The fraction of sp³-hybridized carbons (Fsp3) is 0.579. The lowest BCUT2D eigenvalue weighted by molar-refractivity contribution is 0.0704. The minimum atomic E-state index is -0.145. The van der Waals surface area contributed by atoms with Crippen LogP contribution in [-0.4, -0.2) is 44.1 Å². The average molecular weight is 355 g/mol. The number of rotatable bonds is 3. The van der Waals surface area contributed by atoms with Gasteiger partial charge >= 0.3 is 0 Å². The molecule has 0 aromatic carbocycles. The van der Waals surface area contributed by atoms with Crippen molar-refractivity contribution in [1.82, 2.24) is 25.1 Å². The van der Waals surface area contributed by atoms with Crippen LogP contribution in [0.25, 0.3) is 0 Å². The van der Waals surface area contributed by atoms with Crippen molar-refractivity contribution in [2.75, 3.05) is 13.1 Å². The second-order valence-corrected chi connectivity index (χ2v) is 7.46. The molecule has 1 saturated carbocycles. The van der Waals surface area contributed by atoms with Gasteiger partial charge in [0.05, 0.1) is 29.5 Å². The Hall–Kier alpha value is -2.44. The van der Waals surface area contributed by atoms with E-state index in [1.54, 1.807) is 12.3 Å². The molecule has 2 aliphatic rings. The molecule has 1 aliphatic carbocycles. The second-order valence-electron chi connectivity index (χ2n) is 7.46. The molecule has 7 heteroatoms. The molecule has 0 spiro atoms. The predicted molar refractivity (Wildman–Crippen MR) is 97.1 cm³/mol. The third-order valence-electron chi connectivity index (χ3n) is 5.74. The van der Waals surface area contributed by atoms with Crippen LogP contribution in [0, 0.1) is 0 Å². The Balaban J connectivity index is 1.51. The van der Waals surface area contributed by atoms with Crippen LogP contribution in [0.2, 0.25) is 0 Å². The van der Waals surface area contributed by atoms with Crippen LogP contribution >= 0.6 is 0 Å². The van der Waals surface area contributed by atoms with Crippen LogP contribution in [0.4, 0.5) is 0 Å². The summed E-state index contributed by atoms with van der Waals surface area (Å²) in [5, 5.41) is 7.26. The number of nitrogens with zero attached hydrogens (tertiary/aromatic N) is 3. The number of aromatic nitrogens is 4. The Morgan fingerprint density at radius 1 is 1.12 bits per heavy atom. The van der Waals surface area contributed by atoms with Crippen molar-refractivity contribution < 1.29 is 4.79 Å². The largest absolute Gasteiger partial charge is 0.338 e. The molecular formula is C19H25N5O2. The quantitative estimate of drug-likeness (QED) is 0.884. The van der Waals surface area contributed by atoms with Crippen molar-refractivity contribution in [1.29, 1.82) is 0 Å². The van der Waals surface area contributed by atoms with E-state index >= 15 is 0 Å². The van der Waals surface area contributed by atoms with Crippen molar-refractivity contribution >= 4 is 5.91 Å². The first kappa shape index (κ1) is 17.0. The lowest BCUT2D eigenvalue weighted by atomic mass is 9.85. The van der Waals surface area contributed by atoms with Crippen LogP contribution in [0.3, 0.4) is 0 Å². The number of H-pyrrole nitrogens is 2. The molecule has 2 aromatic heterocycles. The summed E-state index contributed by atoms with van der Waals surface area (Å²) in [5.74, 6) is 0.578. The highest BCUT2D eigenvalue weighted by atomic mass is 16.2. The molecule has 0 radical (unpaired) electrons. The van der Waals surface area contributed by atoms with Gasteiger partial charge in [-0.05, 0) is 25.7 Å². The molecule has 1 amide bonds. The molecule has 4 rings (SSSR count). The molecule has 138 valence electrons. The third-order valence-corrected chi connectivity index (χ3v) is 5.74. The van der Waals surface area contributed by atoms with E-state index in [0.29, 0.717) is 12.5 Å². The molecule has 2 aromatic rings. The lowest BCUT2D eigenvalue weighted by Gasteiger charge is -2.32. The van der Waals surface area contributed by atoms with Crippen molar-refractivity contribution in [3.8, 4) is 0 Å². The maximum atomic E-state index is 13.1. The zero-order chi connectivity index (χ0) is 17.9. The number of hydrogen-bond acceptors (Lipinski definition) is 4. The minimum absolute atomic E-state index is 0.0499. The summed E-state index contributed by atoms with van der Waals surface area (Å²) >= 11 is 0. The SMILES string of the molecule is O=C(c1cn[nH]c1C1CCCCC1)N1CCC[C@H](c2cc(=O)[nH]cn2)C1. The van der Waals surface area contributed by atoms with Crippen molar-refractivity contribution in [3.63, 3.8) is 0 Å². The highest BCUT2D eigenvalue weighted by Crippen LogP contribution is 2.34. The van der Waals surface area contributed by atoms with Gasteiger partial charge in [-0.3, -0.25) is 14.7 Å². The van der Waals surface area contributed by atoms with E-state index in [9.17, 15) is 9.59 Å². The molecule has 1 saturated heterocycles. The first-order chi connectivity index (χ1) is 12.7. The molecule has 2 fully saturated rings. The lowest BCUT2D eigenvalue weighted by Crippen LogP contribution is -2.39. The number of carbonyl (C=O) groups excluding carboxylic acids is 1. The number of amides is 1. The van der Waals surface area contributed by atoms with Crippen LogP contribution in [0.1, 0.15) is 78.5 Å². The Kier molecular flexibility index (Phi) is 4.86. The fourth-order valence-corrected chi connectivity index (χ4v) is 4.35. The van der Waals surface area contributed by atoms with Gasteiger partial charge in [0.25, 0.3) is 11.5 Å². The zero-order valence-electron chi connectivity index (χ0n) is 14.9. The number of carbonyl (C=O) groups is 1. The smallest absolute Gasteiger partial charge is 0.257 e. The van der Waals surface area contributed by atoms with Gasteiger partial charge in [0.2, 0.25) is 0 Å². The van der Waals surface area contributed by atoms with Crippen molar-refractivity contribution in [3.05, 3.63) is 45.9 Å². The van der Waals surface area contributed by atoms with Crippen LogP contribution in [-0.2, 0) is 0 Å². The first-order valence-electron chi connectivity index (χ1n) is 9.59. The highest BCUT2D eigenvalue weighted by molar-refractivity contribution is 5.95. The van der Waals surface area contributed by atoms with E-state index in [-0.39, 0.29) is 17.4 Å². The third kappa shape index (κ3) is 3.43. The van der Waals surface area contributed by atoms with Gasteiger partial charge in [-0.1, -0.05) is 19.3 Å². The molecule has 7 nitrogen and oxygen atoms in total. The van der Waals surface area contributed by atoms with Crippen LogP contribution in [0.5, 0.6) is 0 Å². The average Bonchev–Trinajstić information content (AvgIpc) is 3.18. The first-order valence-corrected chi connectivity index (χ1v) is 9.59. The van der Waals surface area contributed by atoms with E-state index in [2.05, 4.69) is 20.2 Å². The second kappa shape index (κ2) is 7.43. The van der Waals surface area contributed by atoms with Gasteiger partial charge in [0.1, 0.15) is 0 Å².